The van der Waals surface area contributed by atoms with Crippen molar-refractivity contribution in [1.29, 1.82) is 0 Å². The molecule has 4 unspecified atom stereocenters. The molecule has 2 N–H and O–H groups in total. The van der Waals surface area contributed by atoms with Crippen molar-refractivity contribution in [3.05, 3.63) is 45.4 Å². The second-order valence-electron chi connectivity index (χ2n) is 4.53. The van der Waals surface area contributed by atoms with Crippen molar-refractivity contribution < 1.29 is 19.0 Å². The number of aromatic nitrogens is 2. The fourth-order valence-electron chi connectivity index (χ4n) is 1.92. The molecule has 0 amide bonds. The van der Waals surface area contributed by atoms with E-state index in [1.54, 1.807) is 6.92 Å². The van der Waals surface area contributed by atoms with Gasteiger partial charge in [-0.1, -0.05) is 6.58 Å². The number of halogens is 1. The lowest BCUT2D eigenvalue weighted by atomic mass is 10.1. The van der Waals surface area contributed by atoms with E-state index in [1.807, 2.05) is 4.98 Å². The Morgan fingerprint density at radius 1 is 1.65 bits per heavy atom. The number of aromatic amines is 1. The zero-order valence-electron chi connectivity index (χ0n) is 10.8. The molecule has 7 nitrogen and oxygen atoms in total. The summed E-state index contributed by atoms with van der Waals surface area (Å²) in [5.41, 5.74) is -1.40. The third kappa shape index (κ3) is 2.81. The molecule has 0 aliphatic carbocycles. The smallest absolute Gasteiger partial charge is 0.330 e. The van der Waals surface area contributed by atoms with E-state index in [4.69, 9.17) is 9.47 Å². The minimum atomic E-state index is -1.81. The first kappa shape index (κ1) is 14.5. The standard InChI is InChI=1S/C12H15FN2O5/c1-6(2)19-5-7-10(17)9(13)11(20-7)15-4-3-8(16)14-12(15)18/h3-4,7,9-11,17H,1,5H2,2H3,(H,14,16,18). The Balaban J connectivity index is 2.19. The number of H-pyrrole nitrogens is 1. The molecule has 1 aromatic heterocycles. The first-order valence-electron chi connectivity index (χ1n) is 5.97. The second kappa shape index (κ2) is 5.59. The van der Waals surface area contributed by atoms with Crippen molar-refractivity contribution in [2.45, 2.75) is 31.5 Å². The van der Waals surface area contributed by atoms with Gasteiger partial charge in [0.25, 0.3) is 5.56 Å². The number of nitrogens with zero attached hydrogens (tertiary/aromatic N) is 1. The van der Waals surface area contributed by atoms with E-state index in [2.05, 4.69) is 6.58 Å². The fourth-order valence-corrected chi connectivity index (χ4v) is 1.92. The van der Waals surface area contributed by atoms with Gasteiger partial charge in [0.2, 0.25) is 0 Å². The topological polar surface area (TPSA) is 93.5 Å². The van der Waals surface area contributed by atoms with Crippen LogP contribution in [0.5, 0.6) is 0 Å². The summed E-state index contributed by atoms with van der Waals surface area (Å²) in [6.45, 7) is 5.04. The van der Waals surface area contributed by atoms with E-state index in [1.165, 1.54) is 0 Å². The van der Waals surface area contributed by atoms with E-state index in [0.717, 1.165) is 16.8 Å². The molecule has 4 atom stereocenters. The number of nitrogens with one attached hydrogen (secondary N) is 1. The Labute approximate surface area is 113 Å². The molecule has 8 heteroatoms. The Morgan fingerprint density at radius 3 is 2.95 bits per heavy atom. The molecule has 20 heavy (non-hydrogen) atoms. The number of aliphatic hydroxyl groups excluding tert-OH is 1. The monoisotopic (exact) mass is 286 g/mol. The van der Waals surface area contributed by atoms with Gasteiger partial charge in [0.15, 0.2) is 12.4 Å². The van der Waals surface area contributed by atoms with E-state index < -0.39 is 35.9 Å². The van der Waals surface area contributed by atoms with E-state index in [9.17, 15) is 19.1 Å². The van der Waals surface area contributed by atoms with Crippen LogP contribution in [0, 0.1) is 0 Å². The highest BCUT2D eigenvalue weighted by atomic mass is 19.1. The van der Waals surface area contributed by atoms with Gasteiger partial charge in [-0.05, 0) is 6.92 Å². The molecular formula is C12H15FN2O5. The van der Waals surface area contributed by atoms with Gasteiger partial charge in [0.1, 0.15) is 18.8 Å². The third-order valence-corrected chi connectivity index (χ3v) is 2.91. The van der Waals surface area contributed by atoms with Crippen molar-refractivity contribution in [3.63, 3.8) is 0 Å². The number of rotatable bonds is 4. The Hall–Kier alpha value is -1.93. The first-order chi connectivity index (χ1) is 9.40. The summed E-state index contributed by atoms with van der Waals surface area (Å²) in [6, 6.07) is 1.07. The van der Waals surface area contributed by atoms with Crippen molar-refractivity contribution in [1.82, 2.24) is 9.55 Å². The fraction of sp³-hybridized carbons (Fsp3) is 0.500. The lowest BCUT2D eigenvalue weighted by Crippen LogP contribution is -2.35. The van der Waals surface area contributed by atoms with Crippen LogP contribution in [0.1, 0.15) is 13.2 Å². The minimum absolute atomic E-state index is 0.0779. The number of hydrogen-bond acceptors (Lipinski definition) is 5. The summed E-state index contributed by atoms with van der Waals surface area (Å²) in [6.07, 6.45) is -4.36. The molecule has 1 aromatic rings. The first-order valence-corrected chi connectivity index (χ1v) is 5.97. The SMILES string of the molecule is C=C(C)OCC1OC(n2ccc(=O)[nH]c2=O)C(F)C1O. The van der Waals surface area contributed by atoms with Crippen molar-refractivity contribution in [3.8, 4) is 0 Å². The van der Waals surface area contributed by atoms with E-state index in [-0.39, 0.29) is 6.61 Å². The molecule has 0 radical (unpaired) electrons. The summed E-state index contributed by atoms with van der Waals surface area (Å²) in [5.74, 6) is 0.404. The summed E-state index contributed by atoms with van der Waals surface area (Å²) in [5, 5.41) is 9.75. The molecule has 1 aliphatic rings. The molecule has 110 valence electrons. The number of ether oxygens (including phenoxy) is 2. The summed E-state index contributed by atoms with van der Waals surface area (Å²) in [4.78, 5) is 24.5. The lowest BCUT2D eigenvalue weighted by Gasteiger charge is -2.16. The van der Waals surface area contributed by atoms with Crippen molar-refractivity contribution in [2.75, 3.05) is 6.61 Å². The predicted octanol–water partition coefficient (Wildman–Crippen LogP) is -0.317. The highest BCUT2D eigenvalue weighted by Crippen LogP contribution is 2.31. The van der Waals surface area contributed by atoms with Crippen molar-refractivity contribution >= 4 is 0 Å². The molecule has 0 spiro atoms. The van der Waals surface area contributed by atoms with Gasteiger partial charge in [0, 0.05) is 12.3 Å². The number of allylic oxidation sites excluding steroid dienone is 1. The molecular weight excluding hydrogens is 271 g/mol. The third-order valence-electron chi connectivity index (χ3n) is 2.91. The van der Waals surface area contributed by atoms with Crippen LogP contribution in [-0.4, -0.2) is 39.6 Å². The van der Waals surface area contributed by atoms with Crippen LogP contribution in [0.3, 0.4) is 0 Å². The van der Waals surface area contributed by atoms with Gasteiger partial charge in [0.05, 0.1) is 5.76 Å². The maximum Gasteiger partial charge on any atom is 0.330 e. The summed E-state index contributed by atoms with van der Waals surface area (Å²) in [7, 11) is 0. The van der Waals surface area contributed by atoms with E-state index in [0.29, 0.717) is 5.76 Å². The number of hydrogen-bond donors (Lipinski definition) is 2. The van der Waals surface area contributed by atoms with Crippen LogP contribution in [0.2, 0.25) is 0 Å². The Kier molecular flexibility index (Phi) is 4.05. The van der Waals surface area contributed by atoms with Gasteiger partial charge in [-0.15, -0.1) is 0 Å². The highest BCUT2D eigenvalue weighted by molar-refractivity contribution is 4.93. The van der Waals surface area contributed by atoms with Crippen LogP contribution < -0.4 is 11.2 Å². The lowest BCUT2D eigenvalue weighted by molar-refractivity contribution is -0.0546. The molecule has 1 saturated heterocycles. The largest absolute Gasteiger partial charge is 0.496 e. The normalized spacial score (nSPS) is 29.4. The molecule has 0 aromatic carbocycles. The van der Waals surface area contributed by atoms with Crippen LogP contribution in [0.25, 0.3) is 0 Å². The van der Waals surface area contributed by atoms with Crippen LogP contribution >= 0.6 is 0 Å². The van der Waals surface area contributed by atoms with Crippen LogP contribution in [-0.2, 0) is 9.47 Å². The maximum absolute atomic E-state index is 14.0. The molecule has 1 aliphatic heterocycles. The van der Waals surface area contributed by atoms with Gasteiger partial charge in [-0.3, -0.25) is 14.3 Å². The molecule has 0 bridgehead atoms. The van der Waals surface area contributed by atoms with Gasteiger partial charge in [-0.25, -0.2) is 9.18 Å². The Bertz CT molecular complexity index is 610. The summed E-state index contributed by atoms with van der Waals surface area (Å²) >= 11 is 0. The van der Waals surface area contributed by atoms with E-state index >= 15 is 0 Å². The molecule has 2 rings (SSSR count). The number of alkyl halides is 1. The second-order valence-corrected chi connectivity index (χ2v) is 4.53. The minimum Gasteiger partial charge on any atom is -0.496 e. The zero-order chi connectivity index (χ0) is 14.9. The highest BCUT2D eigenvalue weighted by Gasteiger charge is 2.45. The van der Waals surface area contributed by atoms with Crippen molar-refractivity contribution in [2.24, 2.45) is 0 Å². The van der Waals surface area contributed by atoms with Gasteiger partial charge >= 0.3 is 5.69 Å². The number of aliphatic hydroxyl groups is 1. The predicted molar refractivity (Wildman–Crippen MR) is 66.9 cm³/mol. The van der Waals surface area contributed by atoms with Gasteiger partial charge in [-0.2, -0.15) is 0 Å². The van der Waals surface area contributed by atoms with Crippen LogP contribution in [0.4, 0.5) is 4.39 Å². The average molecular weight is 286 g/mol. The average Bonchev–Trinajstić information content (AvgIpc) is 2.64. The maximum atomic E-state index is 14.0. The quantitative estimate of drug-likeness (QED) is 0.740. The summed E-state index contributed by atoms with van der Waals surface area (Å²) < 4.78 is 25.3. The molecule has 0 saturated carbocycles. The molecule has 1 fully saturated rings. The van der Waals surface area contributed by atoms with Gasteiger partial charge < -0.3 is 14.6 Å². The Morgan fingerprint density at radius 2 is 2.35 bits per heavy atom. The molecule has 2 heterocycles. The van der Waals surface area contributed by atoms with Crippen LogP contribution in [0.15, 0.2) is 34.2 Å². The zero-order valence-corrected chi connectivity index (χ0v) is 10.8.